The van der Waals surface area contributed by atoms with Gasteiger partial charge in [0.25, 0.3) is 0 Å². The van der Waals surface area contributed by atoms with E-state index in [9.17, 15) is 0 Å². The van der Waals surface area contributed by atoms with E-state index in [2.05, 4.69) is 47.6 Å². The lowest BCUT2D eigenvalue weighted by atomic mass is 10.1. The van der Waals surface area contributed by atoms with Crippen molar-refractivity contribution >= 4 is 0 Å². The van der Waals surface area contributed by atoms with Crippen molar-refractivity contribution in [3.8, 4) is 5.69 Å². The van der Waals surface area contributed by atoms with Crippen LogP contribution in [0.5, 0.6) is 0 Å². The van der Waals surface area contributed by atoms with Gasteiger partial charge in [0.2, 0.25) is 0 Å². The van der Waals surface area contributed by atoms with Gasteiger partial charge in [0.15, 0.2) is 0 Å². The molecule has 0 aliphatic heterocycles. The molecule has 0 atom stereocenters. The van der Waals surface area contributed by atoms with Gasteiger partial charge < -0.3 is 0 Å². The van der Waals surface area contributed by atoms with Crippen LogP contribution in [-0.4, -0.2) is 9.78 Å². The average Bonchev–Trinajstić information content (AvgIpc) is 2.89. The van der Waals surface area contributed by atoms with Crippen molar-refractivity contribution in [2.24, 2.45) is 0 Å². The van der Waals surface area contributed by atoms with Gasteiger partial charge in [0.05, 0.1) is 11.4 Å². The van der Waals surface area contributed by atoms with E-state index in [4.69, 9.17) is 0 Å². The molecule has 0 aliphatic carbocycles. The van der Waals surface area contributed by atoms with Crippen molar-refractivity contribution < 1.29 is 0 Å². The molecule has 1 aromatic heterocycles. The van der Waals surface area contributed by atoms with E-state index in [1.807, 2.05) is 35.1 Å². The summed E-state index contributed by atoms with van der Waals surface area (Å²) >= 11 is 0. The van der Waals surface area contributed by atoms with Crippen LogP contribution in [-0.2, 0) is 6.42 Å². The second-order valence-electron chi connectivity index (χ2n) is 4.25. The van der Waals surface area contributed by atoms with Gasteiger partial charge in [0, 0.05) is 12.6 Å². The van der Waals surface area contributed by atoms with Gasteiger partial charge in [-0.15, -0.1) is 0 Å². The Morgan fingerprint density at radius 3 is 2.17 bits per heavy atom. The molecule has 0 radical (unpaired) electrons. The van der Waals surface area contributed by atoms with E-state index >= 15 is 0 Å². The van der Waals surface area contributed by atoms with E-state index in [0.717, 1.165) is 17.8 Å². The Morgan fingerprint density at radius 1 is 0.778 bits per heavy atom. The topological polar surface area (TPSA) is 17.8 Å². The first-order valence-electron chi connectivity index (χ1n) is 6.06. The summed E-state index contributed by atoms with van der Waals surface area (Å²) in [4.78, 5) is 0. The van der Waals surface area contributed by atoms with Crippen LogP contribution in [0.2, 0.25) is 0 Å². The number of hydrogen-bond donors (Lipinski definition) is 0. The lowest BCUT2D eigenvalue weighted by Crippen LogP contribution is -1.96. The van der Waals surface area contributed by atoms with Gasteiger partial charge in [-0.3, -0.25) is 0 Å². The highest BCUT2D eigenvalue weighted by molar-refractivity contribution is 5.31. The number of aromatic nitrogens is 2. The van der Waals surface area contributed by atoms with Crippen LogP contribution in [0.4, 0.5) is 0 Å². The van der Waals surface area contributed by atoms with Crippen LogP contribution >= 0.6 is 0 Å². The van der Waals surface area contributed by atoms with Crippen molar-refractivity contribution in [1.82, 2.24) is 9.78 Å². The van der Waals surface area contributed by atoms with Crippen molar-refractivity contribution in [1.29, 1.82) is 0 Å². The fourth-order valence-corrected chi connectivity index (χ4v) is 1.99. The van der Waals surface area contributed by atoms with Crippen LogP contribution in [0.15, 0.2) is 72.9 Å². The minimum Gasteiger partial charge on any atom is -0.241 e. The third kappa shape index (κ3) is 2.33. The second-order valence-corrected chi connectivity index (χ2v) is 4.25. The maximum absolute atomic E-state index is 4.59. The number of rotatable bonds is 3. The summed E-state index contributed by atoms with van der Waals surface area (Å²) in [7, 11) is 0. The summed E-state index contributed by atoms with van der Waals surface area (Å²) in [5, 5.41) is 4.59. The molecule has 1 heterocycles. The van der Waals surface area contributed by atoms with Crippen molar-refractivity contribution in [3.05, 3.63) is 84.2 Å². The smallest absolute Gasteiger partial charge is 0.0672 e. The molecule has 0 aliphatic rings. The third-order valence-corrected chi connectivity index (χ3v) is 2.89. The van der Waals surface area contributed by atoms with E-state index in [-0.39, 0.29) is 0 Å². The standard InChI is InChI=1S/C16H14N2/c1-3-7-14(8-4-1)13-15-11-12-18(17-15)16-9-5-2-6-10-16/h1-12H,13H2. The van der Waals surface area contributed by atoms with Crippen molar-refractivity contribution in [2.45, 2.75) is 6.42 Å². The quantitative estimate of drug-likeness (QED) is 0.678. The third-order valence-electron chi connectivity index (χ3n) is 2.89. The zero-order valence-electron chi connectivity index (χ0n) is 10.0. The number of para-hydroxylation sites is 1. The molecular formula is C16H14N2. The molecule has 18 heavy (non-hydrogen) atoms. The Hall–Kier alpha value is -2.35. The van der Waals surface area contributed by atoms with E-state index in [0.29, 0.717) is 0 Å². The minimum absolute atomic E-state index is 0.876. The maximum Gasteiger partial charge on any atom is 0.0672 e. The Kier molecular flexibility index (Phi) is 2.92. The fourth-order valence-electron chi connectivity index (χ4n) is 1.99. The summed E-state index contributed by atoms with van der Waals surface area (Å²) in [6, 6.07) is 22.6. The zero-order chi connectivity index (χ0) is 12.2. The van der Waals surface area contributed by atoms with Crippen molar-refractivity contribution in [2.75, 3.05) is 0 Å². The molecule has 2 heteroatoms. The Bertz CT molecular complexity index is 612. The molecule has 0 saturated carbocycles. The Balaban J connectivity index is 1.82. The number of hydrogen-bond acceptors (Lipinski definition) is 1. The van der Waals surface area contributed by atoms with Gasteiger partial charge in [0.1, 0.15) is 0 Å². The Labute approximate surface area is 107 Å². The molecule has 3 aromatic rings. The summed E-state index contributed by atoms with van der Waals surface area (Å²) < 4.78 is 1.91. The molecule has 2 nitrogen and oxygen atoms in total. The molecule has 0 unspecified atom stereocenters. The van der Waals surface area contributed by atoms with Gasteiger partial charge in [-0.2, -0.15) is 5.10 Å². The minimum atomic E-state index is 0.876. The molecule has 0 fully saturated rings. The maximum atomic E-state index is 4.59. The predicted molar refractivity (Wildman–Crippen MR) is 72.8 cm³/mol. The summed E-state index contributed by atoms with van der Waals surface area (Å²) in [6.07, 6.45) is 2.88. The van der Waals surface area contributed by atoms with E-state index < -0.39 is 0 Å². The molecule has 2 aromatic carbocycles. The molecule has 3 rings (SSSR count). The summed E-state index contributed by atoms with van der Waals surface area (Å²) in [6.45, 7) is 0. The predicted octanol–water partition coefficient (Wildman–Crippen LogP) is 3.46. The molecule has 0 amide bonds. The normalized spacial score (nSPS) is 10.4. The first kappa shape index (κ1) is 10.8. The van der Waals surface area contributed by atoms with E-state index in [1.165, 1.54) is 5.56 Å². The number of nitrogens with zero attached hydrogens (tertiary/aromatic N) is 2. The molecule has 88 valence electrons. The van der Waals surface area contributed by atoms with Gasteiger partial charge in [-0.05, 0) is 23.8 Å². The van der Waals surface area contributed by atoms with Crippen LogP contribution < -0.4 is 0 Å². The second kappa shape index (κ2) is 4.88. The van der Waals surface area contributed by atoms with Gasteiger partial charge in [-0.25, -0.2) is 4.68 Å². The summed E-state index contributed by atoms with van der Waals surface area (Å²) in [5.74, 6) is 0. The lowest BCUT2D eigenvalue weighted by molar-refractivity contribution is 0.848. The first-order valence-corrected chi connectivity index (χ1v) is 6.06. The van der Waals surface area contributed by atoms with Crippen LogP contribution in [0.1, 0.15) is 11.3 Å². The Morgan fingerprint density at radius 2 is 1.44 bits per heavy atom. The highest BCUT2D eigenvalue weighted by Crippen LogP contribution is 2.10. The zero-order valence-corrected chi connectivity index (χ0v) is 10.0. The van der Waals surface area contributed by atoms with Gasteiger partial charge in [-0.1, -0.05) is 48.5 Å². The average molecular weight is 234 g/mol. The van der Waals surface area contributed by atoms with Crippen molar-refractivity contribution in [3.63, 3.8) is 0 Å². The fraction of sp³-hybridized carbons (Fsp3) is 0.0625. The largest absolute Gasteiger partial charge is 0.241 e. The molecule has 0 spiro atoms. The first-order chi connectivity index (χ1) is 8.92. The highest BCUT2D eigenvalue weighted by atomic mass is 15.3. The SMILES string of the molecule is c1ccc(Cc2ccn(-c3ccccc3)n2)cc1. The molecule has 0 bridgehead atoms. The summed E-state index contributed by atoms with van der Waals surface area (Å²) in [5.41, 5.74) is 3.47. The van der Waals surface area contributed by atoms with Crippen LogP contribution in [0.3, 0.4) is 0 Å². The number of benzene rings is 2. The molecule has 0 N–H and O–H groups in total. The molecular weight excluding hydrogens is 220 g/mol. The molecule has 0 saturated heterocycles. The van der Waals surface area contributed by atoms with Crippen LogP contribution in [0, 0.1) is 0 Å². The van der Waals surface area contributed by atoms with Crippen LogP contribution in [0.25, 0.3) is 5.69 Å². The monoisotopic (exact) mass is 234 g/mol. The van der Waals surface area contributed by atoms with Gasteiger partial charge >= 0.3 is 0 Å². The lowest BCUT2D eigenvalue weighted by Gasteiger charge is -2.00. The highest BCUT2D eigenvalue weighted by Gasteiger charge is 2.01. The van der Waals surface area contributed by atoms with E-state index in [1.54, 1.807) is 0 Å².